The van der Waals surface area contributed by atoms with Crippen molar-refractivity contribution in [2.75, 3.05) is 13.2 Å². The van der Waals surface area contributed by atoms with Crippen molar-refractivity contribution < 1.29 is 9.47 Å². The maximum atomic E-state index is 5.44. The summed E-state index contributed by atoms with van der Waals surface area (Å²) in [6.45, 7) is 6.24. The molecule has 1 saturated heterocycles. The molecule has 0 bridgehead atoms. The van der Waals surface area contributed by atoms with E-state index < -0.39 is 0 Å². The molecule has 20 heavy (non-hydrogen) atoms. The van der Waals surface area contributed by atoms with Crippen molar-refractivity contribution in [3.63, 3.8) is 0 Å². The minimum atomic E-state index is 0.112. The molecule has 0 aromatic rings. The molecule has 0 saturated carbocycles. The number of hydrogen-bond acceptors (Lipinski definition) is 2. The maximum absolute atomic E-state index is 5.44. The molecule has 1 fully saturated rings. The quantitative estimate of drug-likeness (QED) is 0.404. The largest absolute Gasteiger partial charge is 0.350 e. The molecule has 0 aliphatic carbocycles. The second kappa shape index (κ2) is 12.6. The van der Waals surface area contributed by atoms with Gasteiger partial charge in [-0.15, -0.1) is 0 Å². The molecule has 0 N–H and O–H groups in total. The van der Waals surface area contributed by atoms with Crippen molar-refractivity contribution in [1.29, 1.82) is 0 Å². The highest BCUT2D eigenvalue weighted by atomic mass is 16.7. The van der Waals surface area contributed by atoms with Gasteiger partial charge in [0.15, 0.2) is 6.29 Å². The van der Waals surface area contributed by atoms with E-state index in [0.717, 1.165) is 25.6 Å². The third kappa shape index (κ3) is 10.7. The van der Waals surface area contributed by atoms with E-state index >= 15 is 0 Å². The molecule has 1 aliphatic rings. The zero-order valence-electron chi connectivity index (χ0n) is 13.9. The number of rotatable bonds is 13. The predicted octanol–water partition coefficient (Wildman–Crippen LogP) is 5.70. The Kier molecular flexibility index (Phi) is 11.4. The molecule has 0 unspecified atom stereocenters. The molecule has 0 spiro atoms. The lowest BCUT2D eigenvalue weighted by molar-refractivity contribution is -0.0480. The van der Waals surface area contributed by atoms with Crippen LogP contribution in [0, 0.1) is 5.92 Å². The molecule has 120 valence electrons. The van der Waals surface area contributed by atoms with Crippen LogP contribution in [0.5, 0.6) is 0 Å². The van der Waals surface area contributed by atoms with Gasteiger partial charge in [-0.3, -0.25) is 0 Å². The van der Waals surface area contributed by atoms with E-state index in [1.807, 2.05) is 0 Å². The summed E-state index contributed by atoms with van der Waals surface area (Å²) in [5.41, 5.74) is 0. The molecular formula is C18H36O2. The van der Waals surface area contributed by atoms with Crippen LogP contribution in [0.3, 0.4) is 0 Å². The average molecular weight is 284 g/mol. The van der Waals surface area contributed by atoms with E-state index in [9.17, 15) is 0 Å². The van der Waals surface area contributed by atoms with Crippen molar-refractivity contribution in [1.82, 2.24) is 0 Å². The van der Waals surface area contributed by atoms with Crippen molar-refractivity contribution in [2.24, 2.45) is 5.92 Å². The summed E-state index contributed by atoms with van der Waals surface area (Å²) < 4.78 is 10.9. The van der Waals surface area contributed by atoms with E-state index in [2.05, 4.69) is 13.8 Å². The van der Waals surface area contributed by atoms with Gasteiger partial charge in [0, 0.05) is 0 Å². The number of hydrogen-bond donors (Lipinski definition) is 0. The van der Waals surface area contributed by atoms with Gasteiger partial charge < -0.3 is 9.47 Å². The van der Waals surface area contributed by atoms with Crippen molar-refractivity contribution in [3.8, 4) is 0 Å². The zero-order valence-corrected chi connectivity index (χ0v) is 13.9. The minimum Gasteiger partial charge on any atom is -0.350 e. The number of unbranched alkanes of at least 4 members (excludes halogenated alkanes) is 9. The second-order valence-electron chi connectivity index (χ2n) is 6.68. The SMILES string of the molecule is CC(C)CCCCCCCCCCCCC1OCCO1. The lowest BCUT2D eigenvalue weighted by Crippen LogP contribution is -2.06. The predicted molar refractivity (Wildman–Crippen MR) is 85.9 cm³/mol. The topological polar surface area (TPSA) is 18.5 Å². The lowest BCUT2D eigenvalue weighted by Gasteiger charge is -2.08. The van der Waals surface area contributed by atoms with Crippen LogP contribution < -0.4 is 0 Å². The van der Waals surface area contributed by atoms with Gasteiger partial charge >= 0.3 is 0 Å². The standard InChI is InChI=1S/C18H36O2/c1-17(2)13-11-9-7-5-3-4-6-8-10-12-14-18-19-15-16-20-18/h17-18H,3-16H2,1-2H3. The third-order valence-electron chi connectivity index (χ3n) is 4.16. The van der Waals surface area contributed by atoms with Gasteiger partial charge in [0.1, 0.15) is 0 Å². The molecule has 0 amide bonds. The Labute approximate surface area is 126 Å². The van der Waals surface area contributed by atoms with Gasteiger partial charge in [0.25, 0.3) is 0 Å². The molecule has 0 atom stereocenters. The molecule has 0 radical (unpaired) electrons. The van der Waals surface area contributed by atoms with Gasteiger partial charge in [-0.05, 0) is 18.8 Å². The van der Waals surface area contributed by atoms with Crippen molar-refractivity contribution in [2.45, 2.75) is 97.2 Å². The zero-order chi connectivity index (χ0) is 14.5. The van der Waals surface area contributed by atoms with Gasteiger partial charge in [-0.1, -0.05) is 78.1 Å². The van der Waals surface area contributed by atoms with Crippen LogP contribution in [-0.2, 0) is 9.47 Å². The Morgan fingerprint density at radius 1 is 0.700 bits per heavy atom. The third-order valence-corrected chi connectivity index (χ3v) is 4.16. The van der Waals surface area contributed by atoms with Crippen molar-refractivity contribution in [3.05, 3.63) is 0 Å². The molecule has 1 rings (SSSR count). The summed E-state index contributed by atoms with van der Waals surface area (Å²) in [5, 5.41) is 0. The van der Waals surface area contributed by atoms with Crippen LogP contribution in [0.15, 0.2) is 0 Å². The Morgan fingerprint density at radius 3 is 1.65 bits per heavy atom. The summed E-state index contributed by atoms with van der Waals surface area (Å²) >= 11 is 0. The van der Waals surface area contributed by atoms with Crippen molar-refractivity contribution >= 4 is 0 Å². The monoisotopic (exact) mass is 284 g/mol. The molecule has 0 aromatic heterocycles. The fourth-order valence-electron chi connectivity index (χ4n) is 2.85. The molecule has 1 aliphatic heterocycles. The first-order valence-corrected chi connectivity index (χ1v) is 9.02. The first-order chi connectivity index (χ1) is 9.79. The van der Waals surface area contributed by atoms with E-state index in [-0.39, 0.29) is 6.29 Å². The average Bonchev–Trinajstić information content (AvgIpc) is 2.93. The van der Waals surface area contributed by atoms with E-state index in [1.54, 1.807) is 0 Å². The molecule has 2 nitrogen and oxygen atoms in total. The highest BCUT2D eigenvalue weighted by Crippen LogP contribution is 2.16. The first kappa shape index (κ1) is 18.0. The fraction of sp³-hybridized carbons (Fsp3) is 1.00. The summed E-state index contributed by atoms with van der Waals surface area (Å²) in [6, 6.07) is 0. The van der Waals surface area contributed by atoms with Gasteiger partial charge in [-0.25, -0.2) is 0 Å². The maximum Gasteiger partial charge on any atom is 0.157 e. The van der Waals surface area contributed by atoms with Gasteiger partial charge in [-0.2, -0.15) is 0 Å². The fourth-order valence-corrected chi connectivity index (χ4v) is 2.85. The Balaban J connectivity index is 1.68. The van der Waals surface area contributed by atoms with Crippen LogP contribution in [0.4, 0.5) is 0 Å². The molecular weight excluding hydrogens is 248 g/mol. The Bertz CT molecular complexity index is 198. The van der Waals surface area contributed by atoms with Gasteiger partial charge in [0.05, 0.1) is 13.2 Å². The second-order valence-corrected chi connectivity index (χ2v) is 6.68. The molecule has 0 aromatic carbocycles. The molecule has 1 heterocycles. The van der Waals surface area contributed by atoms with Crippen LogP contribution in [0.1, 0.15) is 90.9 Å². The summed E-state index contributed by atoms with van der Waals surface area (Å²) in [6.07, 6.45) is 16.7. The highest BCUT2D eigenvalue weighted by Gasteiger charge is 2.14. The lowest BCUT2D eigenvalue weighted by atomic mass is 10.0. The van der Waals surface area contributed by atoms with E-state index in [0.29, 0.717) is 0 Å². The van der Waals surface area contributed by atoms with E-state index in [1.165, 1.54) is 70.6 Å². The molecule has 2 heteroatoms. The van der Waals surface area contributed by atoms with Crippen LogP contribution in [0.2, 0.25) is 0 Å². The minimum absolute atomic E-state index is 0.112. The van der Waals surface area contributed by atoms with E-state index in [4.69, 9.17) is 9.47 Å². The summed E-state index contributed by atoms with van der Waals surface area (Å²) in [4.78, 5) is 0. The normalized spacial score (nSPS) is 16.4. The summed E-state index contributed by atoms with van der Waals surface area (Å²) in [5.74, 6) is 0.884. The van der Waals surface area contributed by atoms with Crippen LogP contribution in [0.25, 0.3) is 0 Å². The van der Waals surface area contributed by atoms with Gasteiger partial charge in [0.2, 0.25) is 0 Å². The summed E-state index contributed by atoms with van der Waals surface area (Å²) in [7, 11) is 0. The Morgan fingerprint density at radius 2 is 1.15 bits per heavy atom. The highest BCUT2D eigenvalue weighted by molar-refractivity contribution is 4.54. The first-order valence-electron chi connectivity index (χ1n) is 9.02. The number of ether oxygens (including phenoxy) is 2. The Hall–Kier alpha value is -0.0800. The smallest absolute Gasteiger partial charge is 0.157 e. The van der Waals surface area contributed by atoms with Crippen LogP contribution >= 0.6 is 0 Å². The van der Waals surface area contributed by atoms with Crippen LogP contribution in [-0.4, -0.2) is 19.5 Å².